The fraction of sp³-hybridized carbons (Fsp3) is 0.374. The molecule has 31 heteroatoms. The number of nitrogen functional groups attached to an aromatic ring is 1. The molecule has 5 aliphatic heterocycles. The number of hydrogen-bond donors (Lipinski definition) is 5. The molecule has 7 heterocycles. The third-order valence-corrected chi connectivity index (χ3v) is 23.3. The number of piperidine rings is 1. The largest absolute Gasteiger partial charge is 0.497 e. The molecule has 1 saturated heterocycles. The lowest BCUT2D eigenvalue weighted by atomic mass is 9.86. The Morgan fingerprint density at radius 1 is 0.549 bits per heavy atom. The monoisotopic (exact) mass is 1860 g/mol. The Bertz CT molecular complexity index is 5360. The number of methoxy groups -OCH3 is 5. The van der Waals surface area contributed by atoms with Crippen molar-refractivity contribution in [2.75, 3.05) is 74.8 Å². The number of aryl methyl sites for hydroxylation is 2. The molecular weight excluding hydrogens is 1770 g/mol. The Labute approximate surface area is 756 Å². The van der Waals surface area contributed by atoms with E-state index in [0.29, 0.717) is 123 Å². The molecule has 6 N–H and O–H groups in total. The van der Waals surface area contributed by atoms with E-state index >= 15 is 0 Å². The predicted molar refractivity (Wildman–Crippen MR) is 488 cm³/mol. The second kappa shape index (κ2) is 43.8. The number of carbonyl (C=O) groups excluding carboxylic acids is 4. The van der Waals surface area contributed by atoms with E-state index in [1.165, 1.54) is 34.4 Å². The second-order valence-electron chi connectivity index (χ2n) is 31.4. The first kappa shape index (κ1) is 94.9. The number of nitrogens with zero attached hydrogens (tertiary/aromatic N) is 7. The van der Waals surface area contributed by atoms with Gasteiger partial charge in [-0.05, 0) is 204 Å². The van der Waals surface area contributed by atoms with Gasteiger partial charge in [-0.15, -0.1) is 0 Å². The van der Waals surface area contributed by atoms with Crippen LogP contribution in [0, 0.1) is 12.0 Å². The number of rotatable bonds is 10. The van der Waals surface area contributed by atoms with E-state index in [2.05, 4.69) is 63.1 Å². The summed E-state index contributed by atoms with van der Waals surface area (Å²) in [7, 11) is 8.00. The van der Waals surface area contributed by atoms with Crippen molar-refractivity contribution in [3.8, 4) is 51.5 Å². The number of likely N-dealkylation sites (tertiary alicyclic amines) is 1. The number of nitrogens with two attached hydrogens (primary N) is 1. The minimum atomic E-state index is -0.507. The topological polar surface area (TPSA) is 279 Å². The van der Waals surface area contributed by atoms with Gasteiger partial charge < -0.3 is 64.0 Å². The molecule has 2 atom stereocenters. The first-order chi connectivity index (χ1) is 58.1. The fourth-order valence-electron chi connectivity index (χ4n) is 14.2. The van der Waals surface area contributed by atoms with Gasteiger partial charge in [0.05, 0.1) is 107 Å². The van der Waals surface area contributed by atoms with Crippen molar-refractivity contribution < 1.29 is 52.3 Å². The SMILES string of the molecule is CC(C)(C)OC(=O)N1CCC(=O)C(Br)C1.COc1ccc(-c2nc3c([nH]2)CN(C(=O)OC(C)(C)C)CC3)c(Cl)c1.COc1ccc(-c2nc3c([nH]2)CNCC3)c(Cl)c1.COc1ccc(C(=N)N)c(Cl)c1.COc1ccc(C2=NC3=C(C2)CN(C2CCc4ccc(Cl)cc4C2)CC3)c(Cl)c1.O=C1CCc2ccc(Cl)cc2C1.[C-]#[N+]c1ccc(OC)cc1Cl. The number of nitrogens with one attached hydrogen (secondary N) is 4. The van der Waals surface area contributed by atoms with Crippen molar-refractivity contribution >= 4 is 138 Å². The Kier molecular flexibility index (Phi) is 34.1. The van der Waals surface area contributed by atoms with Crippen LogP contribution in [0.5, 0.6) is 28.7 Å². The molecule has 9 aromatic rings. The van der Waals surface area contributed by atoms with Gasteiger partial charge in [0, 0.05) is 135 Å². The highest BCUT2D eigenvalue weighted by Gasteiger charge is 2.34. The maximum atomic E-state index is 12.3. The number of carbonyl (C=O) groups is 4. The standard InChI is InChI=1S/C24H24Cl2N2O.C18H22ClN3O3.C13H14ClN3O.C10H16BrNO3.C10H9ClO.C8H9ClN2O.C8H6ClNO/c1-29-20-6-7-21(22(26)13-20)24-12-17-14-28(9-8-23(17)27-24)19-5-3-15-2-4-18(25)10-16(15)11-19;1-18(2,3)25-17(23)22-8-7-14-15(10-22)21-16(20-14)12-6-5-11(24-4)9-13(12)19;1-18-8-2-3-9(10(14)6-8)13-16-11-4-5-15-7-12(11)17-13;1-10(2,3)15-9(14)12-5-4-8(13)7(11)6-12;11-9-3-1-7-2-4-10(12)6-8(7)5-9;1-12-5-2-3-6(8(10)11)7(9)4-5;1-10-8-4-3-6(11-2)5-7(8)9/h2,4,6-7,10,13,19H,3,5,8-9,11-12,14H2,1H3;5-6,9H,7-8,10H2,1-4H3,(H,20,21);2-3,6,15H,4-5,7H2,1H3,(H,16,17);7H,4-6H2,1-3H3;1,3,5H,2,4,6H2;2-4H,1H3,(H3,10,11);3-5H,2H3. The predicted octanol–water partition coefficient (Wildman–Crippen LogP) is 21.0. The zero-order valence-electron chi connectivity index (χ0n) is 69.9. The van der Waals surface area contributed by atoms with Gasteiger partial charge in [-0.3, -0.25) is 24.9 Å². The molecule has 122 heavy (non-hydrogen) atoms. The van der Waals surface area contributed by atoms with Gasteiger partial charge in [-0.1, -0.05) is 115 Å². The van der Waals surface area contributed by atoms with Crippen molar-refractivity contribution in [3.63, 3.8) is 0 Å². The first-order valence-electron chi connectivity index (χ1n) is 39.6. The van der Waals surface area contributed by atoms with E-state index < -0.39 is 11.2 Å². The number of ether oxygens (including phenoxy) is 7. The van der Waals surface area contributed by atoms with E-state index in [1.807, 2.05) is 108 Å². The molecule has 7 aliphatic rings. The van der Waals surface area contributed by atoms with Gasteiger partial charge in [0.25, 0.3) is 0 Å². The zero-order valence-corrected chi connectivity index (χ0v) is 76.8. The van der Waals surface area contributed by atoms with Crippen LogP contribution < -0.4 is 34.7 Å². The molecule has 16 rings (SSSR count). The lowest BCUT2D eigenvalue weighted by Crippen LogP contribution is -2.46. The van der Waals surface area contributed by atoms with Crippen LogP contribution in [0.15, 0.2) is 144 Å². The van der Waals surface area contributed by atoms with Gasteiger partial charge in [-0.2, -0.15) is 0 Å². The molecule has 0 spiro atoms. The van der Waals surface area contributed by atoms with Crippen LogP contribution in [-0.4, -0.2) is 167 Å². The van der Waals surface area contributed by atoms with Crippen LogP contribution in [0.25, 0.3) is 27.6 Å². The lowest BCUT2D eigenvalue weighted by molar-refractivity contribution is -0.120. The van der Waals surface area contributed by atoms with Gasteiger partial charge in [0.2, 0.25) is 5.69 Å². The number of Topliss-reactive ketones (excluding diaryl/α,β-unsaturated/α-hetero) is 2. The highest BCUT2D eigenvalue weighted by Crippen LogP contribution is 2.39. The number of H-pyrrole nitrogens is 2. The lowest BCUT2D eigenvalue weighted by Gasteiger charge is -2.37. The minimum Gasteiger partial charge on any atom is -0.497 e. The van der Waals surface area contributed by atoms with Crippen LogP contribution in [0.2, 0.25) is 35.2 Å². The number of imidazole rings is 2. The number of alkyl halides is 1. The molecule has 0 radical (unpaired) electrons. The highest BCUT2D eigenvalue weighted by molar-refractivity contribution is 9.10. The number of ketones is 2. The summed E-state index contributed by atoms with van der Waals surface area (Å²) in [5.41, 5.74) is 21.2. The minimum absolute atomic E-state index is 0.0392. The molecule has 2 unspecified atom stereocenters. The summed E-state index contributed by atoms with van der Waals surface area (Å²) in [5.74, 6) is 5.51. The average molecular weight is 1870 g/mol. The van der Waals surface area contributed by atoms with Crippen LogP contribution in [0.3, 0.4) is 0 Å². The summed E-state index contributed by atoms with van der Waals surface area (Å²) < 4.78 is 36.1. The van der Waals surface area contributed by atoms with Crippen molar-refractivity contribution in [2.45, 2.75) is 147 Å². The number of aromatic nitrogens is 4. The smallest absolute Gasteiger partial charge is 0.410 e. The van der Waals surface area contributed by atoms with E-state index in [0.717, 1.165) is 143 Å². The Hall–Kier alpha value is -9.36. The third-order valence-electron chi connectivity index (χ3n) is 20.5. The fourth-order valence-corrected chi connectivity index (χ4v) is 16.4. The number of hydrogen-bond acceptors (Lipinski definition) is 17. The molecular formula is C91H100BrCl7N12O11. The molecule has 23 nitrogen and oxygen atoms in total. The summed E-state index contributed by atoms with van der Waals surface area (Å²) in [6.07, 6.45) is 8.88. The number of aliphatic imine (C=N–C) groups is 1. The Balaban J connectivity index is 0.000000154. The summed E-state index contributed by atoms with van der Waals surface area (Å²) in [6, 6.07) is 39.6. The van der Waals surface area contributed by atoms with E-state index in [4.69, 9.17) is 137 Å². The first-order valence-corrected chi connectivity index (χ1v) is 43.2. The highest BCUT2D eigenvalue weighted by atomic mass is 79.9. The molecule has 0 saturated carbocycles. The van der Waals surface area contributed by atoms with Crippen LogP contribution >= 0.6 is 97.1 Å². The number of amidine groups is 1. The average Bonchev–Trinajstić information content (AvgIpc) is 1.62. The molecule has 2 amide bonds. The van der Waals surface area contributed by atoms with E-state index in [1.54, 1.807) is 93.9 Å². The third kappa shape index (κ3) is 26.6. The number of aromatic amines is 2. The van der Waals surface area contributed by atoms with Crippen molar-refractivity contribution in [3.05, 3.63) is 241 Å². The number of amides is 2. The summed E-state index contributed by atoms with van der Waals surface area (Å²) in [6.45, 7) is 23.6. The molecule has 1 fully saturated rings. The Morgan fingerprint density at radius 2 is 1.06 bits per heavy atom. The van der Waals surface area contributed by atoms with Crippen molar-refractivity contribution in [2.24, 2.45) is 10.7 Å². The van der Waals surface area contributed by atoms with Gasteiger partial charge in [0.15, 0.2) is 0 Å². The second-order valence-corrected chi connectivity index (χ2v) is 35.4. The molecule has 0 bridgehead atoms. The van der Waals surface area contributed by atoms with Gasteiger partial charge in [0.1, 0.15) is 69.0 Å². The number of halogens is 8. The summed E-state index contributed by atoms with van der Waals surface area (Å²) in [5, 5.41) is 14.8. The quantitative estimate of drug-likeness (QED) is 0.0368. The van der Waals surface area contributed by atoms with E-state index in [9.17, 15) is 19.2 Å². The van der Waals surface area contributed by atoms with Crippen LogP contribution in [0.1, 0.15) is 130 Å². The van der Waals surface area contributed by atoms with E-state index in [-0.39, 0.29) is 28.6 Å². The maximum absolute atomic E-state index is 12.3. The maximum Gasteiger partial charge on any atom is 0.410 e. The van der Waals surface area contributed by atoms with Crippen LogP contribution in [-0.2, 0) is 70.7 Å². The molecule has 646 valence electrons. The van der Waals surface area contributed by atoms with Crippen molar-refractivity contribution in [1.29, 1.82) is 5.41 Å². The molecule has 2 aliphatic carbocycles. The molecule has 2 aromatic heterocycles. The normalized spacial score (nSPS) is 16.3. The zero-order chi connectivity index (χ0) is 88.3. The Morgan fingerprint density at radius 3 is 1.58 bits per heavy atom. The van der Waals surface area contributed by atoms with Crippen LogP contribution in [0.4, 0.5) is 15.3 Å². The van der Waals surface area contributed by atoms with Gasteiger partial charge in [-0.25, -0.2) is 24.4 Å². The summed E-state index contributed by atoms with van der Waals surface area (Å²) in [4.78, 5) is 75.9. The number of benzene rings is 7. The van der Waals surface area contributed by atoms with Gasteiger partial charge >= 0.3 is 12.2 Å². The van der Waals surface area contributed by atoms with Crippen molar-refractivity contribution in [1.82, 2.24) is 40.0 Å². The summed E-state index contributed by atoms with van der Waals surface area (Å²) >= 11 is 45.9. The number of fused-ring (bicyclic) bond motifs is 4. The molecule has 7 aromatic carbocycles.